The molecule has 0 unspecified atom stereocenters. The maximum Gasteiger partial charge on any atom is 0.262 e. The van der Waals surface area contributed by atoms with E-state index in [4.69, 9.17) is 14.2 Å². The second-order valence-corrected chi connectivity index (χ2v) is 6.32. The first-order chi connectivity index (χ1) is 10.6. The minimum atomic E-state index is -3.69. The Morgan fingerprint density at radius 2 is 1.68 bits per heavy atom. The van der Waals surface area contributed by atoms with Crippen LogP contribution in [0.5, 0.6) is 17.2 Å². The largest absolute Gasteiger partial charge is 0.497 e. The van der Waals surface area contributed by atoms with Crippen molar-refractivity contribution >= 4 is 15.7 Å². The van der Waals surface area contributed by atoms with Crippen LogP contribution in [0.3, 0.4) is 0 Å². The lowest BCUT2D eigenvalue weighted by atomic mass is 10.3. The molecule has 0 aromatic heterocycles. The highest BCUT2D eigenvalue weighted by Gasteiger charge is 2.19. The van der Waals surface area contributed by atoms with Crippen LogP contribution in [0, 0.1) is 0 Å². The van der Waals surface area contributed by atoms with Crippen molar-refractivity contribution in [3.05, 3.63) is 42.5 Å². The van der Waals surface area contributed by atoms with E-state index >= 15 is 0 Å². The number of hydrogen-bond acceptors (Lipinski definition) is 5. The molecule has 116 valence electrons. The van der Waals surface area contributed by atoms with Crippen LogP contribution in [-0.4, -0.2) is 28.7 Å². The molecule has 1 aliphatic rings. The summed E-state index contributed by atoms with van der Waals surface area (Å²) in [6.45, 7) is 0.867. The molecule has 0 saturated carbocycles. The summed E-state index contributed by atoms with van der Waals surface area (Å²) >= 11 is 0. The summed E-state index contributed by atoms with van der Waals surface area (Å²) in [7, 11) is -2.14. The molecule has 0 radical (unpaired) electrons. The van der Waals surface area contributed by atoms with Gasteiger partial charge in [0.25, 0.3) is 10.0 Å². The first-order valence-electron chi connectivity index (χ1n) is 6.65. The monoisotopic (exact) mass is 321 g/mol. The van der Waals surface area contributed by atoms with Crippen LogP contribution in [0.1, 0.15) is 0 Å². The van der Waals surface area contributed by atoms with E-state index in [2.05, 4.69) is 4.72 Å². The summed E-state index contributed by atoms with van der Waals surface area (Å²) in [6, 6.07) is 11.2. The predicted molar refractivity (Wildman–Crippen MR) is 81.2 cm³/mol. The van der Waals surface area contributed by atoms with Gasteiger partial charge in [-0.3, -0.25) is 4.72 Å². The number of fused-ring (bicyclic) bond motifs is 1. The van der Waals surface area contributed by atoms with Gasteiger partial charge >= 0.3 is 0 Å². The summed E-state index contributed by atoms with van der Waals surface area (Å²) in [5.41, 5.74) is 0.454. The molecule has 0 amide bonds. The van der Waals surface area contributed by atoms with Crippen molar-refractivity contribution in [1.29, 1.82) is 0 Å². The maximum atomic E-state index is 12.4. The molecule has 1 heterocycles. The summed E-state index contributed by atoms with van der Waals surface area (Å²) in [6.07, 6.45) is 0. The van der Waals surface area contributed by atoms with Gasteiger partial charge in [-0.1, -0.05) is 0 Å². The smallest absolute Gasteiger partial charge is 0.262 e. The first kappa shape index (κ1) is 14.5. The van der Waals surface area contributed by atoms with Gasteiger partial charge in [0.2, 0.25) is 0 Å². The van der Waals surface area contributed by atoms with Crippen LogP contribution in [0.4, 0.5) is 5.69 Å². The Kier molecular flexibility index (Phi) is 3.81. The zero-order valence-corrected chi connectivity index (χ0v) is 12.7. The third-order valence-electron chi connectivity index (χ3n) is 3.17. The predicted octanol–water partition coefficient (Wildman–Crippen LogP) is 2.27. The molecule has 3 rings (SSSR count). The molecule has 7 heteroatoms. The van der Waals surface area contributed by atoms with Gasteiger partial charge in [0.1, 0.15) is 19.0 Å². The van der Waals surface area contributed by atoms with Gasteiger partial charge < -0.3 is 14.2 Å². The van der Waals surface area contributed by atoms with Crippen LogP contribution in [0.15, 0.2) is 47.4 Å². The van der Waals surface area contributed by atoms with Crippen molar-refractivity contribution in [1.82, 2.24) is 0 Å². The second kappa shape index (κ2) is 5.76. The van der Waals surface area contributed by atoms with E-state index in [1.165, 1.54) is 12.1 Å². The molecule has 22 heavy (non-hydrogen) atoms. The number of rotatable bonds is 4. The number of ether oxygens (including phenoxy) is 3. The number of anilines is 1. The van der Waals surface area contributed by atoms with E-state index in [1.54, 1.807) is 37.4 Å². The van der Waals surface area contributed by atoms with Gasteiger partial charge in [0.05, 0.1) is 12.0 Å². The Balaban J connectivity index is 1.85. The number of nitrogens with one attached hydrogen (secondary N) is 1. The van der Waals surface area contributed by atoms with Gasteiger partial charge in [-0.25, -0.2) is 8.42 Å². The average molecular weight is 321 g/mol. The summed E-state index contributed by atoms with van der Waals surface area (Å²) < 4.78 is 43.1. The lowest BCUT2D eigenvalue weighted by molar-refractivity contribution is 0.171. The van der Waals surface area contributed by atoms with Crippen molar-refractivity contribution in [2.24, 2.45) is 0 Å². The highest BCUT2D eigenvalue weighted by Crippen LogP contribution is 2.32. The first-order valence-corrected chi connectivity index (χ1v) is 8.13. The molecule has 0 saturated heterocycles. The molecule has 0 bridgehead atoms. The zero-order valence-electron chi connectivity index (χ0n) is 11.9. The SMILES string of the molecule is COc1ccc(NS(=O)(=O)c2ccc3c(c2)OCCO3)cc1. The van der Waals surface area contributed by atoms with E-state index in [-0.39, 0.29) is 4.90 Å². The van der Waals surface area contributed by atoms with Crippen LogP contribution >= 0.6 is 0 Å². The van der Waals surface area contributed by atoms with Gasteiger partial charge in [-0.05, 0) is 36.4 Å². The maximum absolute atomic E-state index is 12.4. The average Bonchev–Trinajstić information content (AvgIpc) is 2.55. The minimum Gasteiger partial charge on any atom is -0.497 e. The Bertz CT molecular complexity index is 771. The molecule has 2 aromatic rings. The lowest BCUT2D eigenvalue weighted by Gasteiger charge is -2.19. The van der Waals surface area contributed by atoms with E-state index in [9.17, 15) is 8.42 Å². The van der Waals surface area contributed by atoms with Crippen LogP contribution in [-0.2, 0) is 10.0 Å². The van der Waals surface area contributed by atoms with Crippen molar-refractivity contribution in [3.63, 3.8) is 0 Å². The van der Waals surface area contributed by atoms with Crippen molar-refractivity contribution in [2.75, 3.05) is 25.0 Å². The van der Waals surface area contributed by atoms with Crippen LogP contribution in [0.25, 0.3) is 0 Å². The zero-order chi connectivity index (χ0) is 15.6. The highest BCUT2D eigenvalue weighted by atomic mass is 32.2. The molecule has 0 aliphatic carbocycles. The van der Waals surface area contributed by atoms with Crippen molar-refractivity contribution < 1.29 is 22.6 Å². The summed E-state index contributed by atoms with van der Waals surface area (Å²) in [4.78, 5) is 0.118. The molecule has 6 nitrogen and oxygen atoms in total. The summed E-state index contributed by atoms with van der Waals surface area (Å²) in [5, 5.41) is 0. The number of sulfonamides is 1. The van der Waals surface area contributed by atoms with Crippen LogP contribution < -0.4 is 18.9 Å². The van der Waals surface area contributed by atoms with Gasteiger partial charge in [0.15, 0.2) is 11.5 Å². The molecule has 0 fully saturated rings. The highest BCUT2D eigenvalue weighted by molar-refractivity contribution is 7.92. The molecule has 1 aliphatic heterocycles. The third-order valence-corrected chi connectivity index (χ3v) is 4.55. The van der Waals surface area contributed by atoms with Crippen LogP contribution in [0.2, 0.25) is 0 Å². The molecule has 1 N–H and O–H groups in total. The Hall–Kier alpha value is -2.41. The van der Waals surface area contributed by atoms with Crippen molar-refractivity contribution in [3.8, 4) is 17.2 Å². The fourth-order valence-corrected chi connectivity index (χ4v) is 3.14. The fraction of sp³-hybridized carbons (Fsp3) is 0.200. The molecular formula is C15H15NO5S. The molecule has 2 aromatic carbocycles. The third kappa shape index (κ3) is 2.94. The minimum absolute atomic E-state index is 0.118. The Morgan fingerprint density at radius 1 is 1.00 bits per heavy atom. The van der Waals surface area contributed by atoms with E-state index < -0.39 is 10.0 Å². The topological polar surface area (TPSA) is 73.9 Å². The molecular weight excluding hydrogens is 306 g/mol. The molecule has 0 spiro atoms. The number of benzene rings is 2. The number of methoxy groups -OCH3 is 1. The van der Waals surface area contributed by atoms with E-state index in [1.807, 2.05) is 0 Å². The second-order valence-electron chi connectivity index (χ2n) is 4.64. The van der Waals surface area contributed by atoms with Gasteiger partial charge in [-0.2, -0.15) is 0 Å². The normalized spacial score (nSPS) is 13.5. The lowest BCUT2D eigenvalue weighted by Crippen LogP contribution is -2.17. The van der Waals surface area contributed by atoms with Crippen molar-refractivity contribution in [2.45, 2.75) is 4.90 Å². The number of hydrogen-bond donors (Lipinski definition) is 1. The van der Waals surface area contributed by atoms with Gasteiger partial charge in [0, 0.05) is 11.8 Å². The Morgan fingerprint density at radius 3 is 2.36 bits per heavy atom. The quantitative estimate of drug-likeness (QED) is 0.935. The summed E-state index contributed by atoms with van der Waals surface area (Å²) in [5.74, 6) is 1.64. The van der Waals surface area contributed by atoms with E-state index in [0.29, 0.717) is 36.1 Å². The molecule has 0 atom stereocenters. The fourth-order valence-electron chi connectivity index (χ4n) is 2.06. The van der Waals surface area contributed by atoms with E-state index in [0.717, 1.165) is 0 Å². The van der Waals surface area contributed by atoms with Gasteiger partial charge in [-0.15, -0.1) is 0 Å². The Labute approximate surface area is 128 Å². The standard InChI is InChI=1S/C15H15NO5S/c1-19-12-4-2-11(3-5-12)16-22(17,18)13-6-7-14-15(10-13)21-9-8-20-14/h2-7,10,16H,8-9H2,1H3.